The van der Waals surface area contributed by atoms with Crippen LogP contribution in [0.1, 0.15) is 73.1 Å². The Kier molecular flexibility index (Phi) is 12.6. The van der Waals surface area contributed by atoms with Gasteiger partial charge in [-0.2, -0.15) is 0 Å². The Labute approximate surface area is 277 Å². The molecule has 13 nitrogen and oxygen atoms in total. The summed E-state index contributed by atoms with van der Waals surface area (Å²) in [7, 11) is 1.57. The van der Waals surface area contributed by atoms with Crippen LogP contribution in [0.3, 0.4) is 0 Å². The Balaban J connectivity index is 1.23. The number of allylic oxidation sites excluding steroid dienone is 2. The zero-order valence-corrected chi connectivity index (χ0v) is 28.3. The molecule has 47 heavy (non-hydrogen) atoms. The molecule has 5 N–H and O–H groups in total. The van der Waals surface area contributed by atoms with Crippen LogP contribution in [0.5, 0.6) is 0 Å². The van der Waals surface area contributed by atoms with Gasteiger partial charge in [-0.05, 0) is 58.4 Å². The average molecular weight is 661 g/mol. The topological polar surface area (TPSA) is 177 Å². The highest BCUT2D eigenvalue weighted by Gasteiger charge is 2.58. The fourth-order valence-corrected chi connectivity index (χ4v) is 6.49. The summed E-state index contributed by atoms with van der Waals surface area (Å²) in [6, 6.07) is -0.298. The van der Waals surface area contributed by atoms with Crippen LogP contribution in [-0.4, -0.2) is 103 Å². The number of amides is 4. The van der Waals surface area contributed by atoms with Crippen molar-refractivity contribution in [3.05, 3.63) is 36.0 Å². The van der Waals surface area contributed by atoms with Crippen molar-refractivity contribution in [2.45, 2.75) is 133 Å². The molecule has 4 rings (SSSR count). The summed E-state index contributed by atoms with van der Waals surface area (Å²) in [5, 5.41) is 22.4. The minimum atomic E-state index is -0.830. The van der Waals surface area contributed by atoms with E-state index >= 15 is 0 Å². The SMILES string of the molecule is CNC(=O)NC1CC(NC(=O)C[C@@H]2C[C@@]3(CO3)[C@H](O)[C@@H](/C=C/C(C)=C/C[C@@H]3O[C@H](C)[C@H](NC(=O)/C=C\[C@H](C)OC(C)=O)C[C@@H]3C)O2)C1. The summed E-state index contributed by atoms with van der Waals surface area (Å²) in [6.07, 6.45) is 9.71. The Bertz CT molecular complexity index is 1230. The second kappa shape index (κ2) is 16.2. The van der Waals surface area contributed by atoms with Crippen LogP contribution in [-0.2, 0) is 33.3 Å². The summed E-state index contributed by atoms with van der Waals surface area (Å²) < 4.78 is 23.2. The molecule has 0 bridgehead atoms. The fourth-order valence-electron chi connectivity index (χ4n) is 6.49. The van der Waals surface area contributed by atoms with Gasteiger partial charge in [0.15, 0.2) is 0 Å². The van der Waals surface area contributed by atoms with Crippen LogP contribution >= 0.6 is 0 Å². The van der Waals surface area contributed by atoms with Crippen LogP contribution in [0.2, 0.25) is 0 Å². The maximum absolute atomic E-state index is 12.8. The van der Waals surface area contributed by atoms with Crippen molar-refractivity contribution >= 4 is 23.8 Å². The maximum atomic E-state index is 12.8. The Morgan fingerprint density at radius 2 is 1.72 bits per heavy atom. The number of hydrogen-bond acceptors (Lipinski definition) is 9. The second-order valence-electron chi connectivity index (χ2n) is 13.5. The maximum Gasteiger partial charge on any atom is 0.314 e. The standard InChI is InChI=1S/C34H52N4O9/c1-19(7-10-28-20(2)13-27(22(4)46-28)38-30(40)12-9-21(3)45-23(5)39)8-11-29-32(42)34(18-44-34)17-26(47-29)16-31(41)36-24-14-25(15-24)37-33(43)35-6/h7-9,11-12,20-22,24-29,32,42H,10,13-18H2,1-6H3,(H,36,41)(H,38,40)(H2,35,37,43)/b11-8+,12-9-,19-7+/t20-,21-,22+,24?,25?,26+,27+,28-,29+,32+,34+/m0/s1. The number of carbonyl (C=O) groups is 4. The number of rotatable bonds is 12. The minimum absolute atomic E-state index is 0.0166. The van der Waals surface area contributed by atoms with Gasteiger partial charge >= 0.3 is 12.0 Å². The molecule has 0 radical (unpaired) electrons. The smallest absolute Gasteiger partial charge is 0.314 e. The van der Waals surface area contributed by atoms with E-state index in [1.165, 1.54) is 13.0 Å². The summed E-state index contributed by atoms with van der Waals surface area (Å²) in [6.45, 7) is 9.49. The first-order chi connectivity index (χ1) is 22.3. The van der Waals surface area contributed by atoms with Gasteiger partial charge in [-0.1, -0.05) is 30.7 Å². The first-order valence-corrected chi connectivity index (χ1v) is 16.7. The number of urea groups is 1. The lowest BCUT2D eigenvalue weighted by Crippen LogP contribution is -2.56. The molecule has 0 aromatic carbocycles. The van der Waals surface area contributed by atoms with Gasteiger partial charge in [0.05, 0.1) is 37.4 Å². The molecule has 13 heteroatoms. The van der Waals surface area contributed by atoms with Crippen LogP contribution < -0.4 is 21.3 Å². The summed E-state index contributed by atoms with van der Waals surface area (Å²) in [5.41, 5.74) is 0.306. The third-order valence-electron chi connectivity index (χ3n) is 9.40. The van der Waals surface area contributed by atoms with Gasteiger partial charge in [-0.25, -0.2) is 4.79 Å². The van der Waals surface area contributed by atoms with Gasteiger partial charge in [0, 0.05) is 38.6 Å². The third-order valence-corrected chi connectivity index (χ3v) is 9.40. The zero-order chi connectivity index (χ0) is 34.3. The van der Waals surface area contributed by atoms with Gasteiger partial charge in [0.2, 0.25) is 11.8 Å². The summed E-state index contributed by atoms with van der Waals surface area (Å²) in [5.74, 6) is -0.574. The molecule has 4 fully saturated rings. The van der Waals surface area contributed by atoms with Crippen LogP contribution in [0.25, 0.3) is 0 Å². The molecule has 4 amide bonds. The van der Waals surface area contributed by atoms with E-state index in [4.69, 9.17) is 18.9 Å². The number of aliphatic hydroxyl groups excluding tert-OH is 1. The number of hydrogen-bond donors (Lipinski definition) is 5. The number of epoxide rings is 1. The van der Waals surface area contributed by atoms with E-state index in [9.17, 15) is 24.3 Å². The van der Waals surface area contributed by atoms with E-state index in [0.29, 0.717) is 32.3 Å². The lowest BCUT2D eigenvalue weighted by atomic mass is 9.85. The Morgan fingerprint density at radius 3 is 2.38 bits per heavy atom. The van der Waals surface area contributed by atoms with E-state index in [0.717, 1.165) is 12.0 Å². The van der Waals surface area contributed by atoms with E-state index < -0.39 is 29.9 Å². The van der Waals surface area contributed by atoms with E-state index in [1.54, 1.807) is 20.0 Å². The quantitative estimate of drug-likeness (QED) is 0.0906. The molecule has 1 aliphatic carbocycles. The molecular weight excluding hydrogens is 608 g/mol. The predicted molar refractivity (Wildman–Crippen MR) is 173 cm³/mol. The lowest BCUT2D eigenvalue weighted by molar-refractivity contribution is -0.146. The van der Waals surface area contributed by atoms with E-state index in [2.05, 4.69) is 34.3 Å². The van der Waals surface area contributed by atoms with Crippen molar-refractivity contribution in [3.8, 4) is 0 Å². The highest BCUT2D eigenvalue weighted by Crippen LogP contribution is 2.43. The molecule has 262 valence electrons. The Morgan fingerprint density at radius 1 is 1.02 bits per heavy atom. The average Bonchev–Trinajstić information content (AvgIpc) is 3.76. The van der Waals surface area contributed by atoms with E-state index in [-0.39, 0.29) is 66.6 Å². The highest BCUT2D eigenvalue weighted by molar-refractivity contribution is 5.87. The first-order valence-electron chi connectivity index (χ1n) is 16.7. The van der Waals surface area contributed by atoms with Gasteiger partial charge in [0.25, 0.3) is 0 Å². The van der Waals surface area contributed by atoms with Gasteiger partial charge in [0.1, 0.15) is 23.9 Å². The fraction of sp³-hybridized carbons (Fsp3) is 0.706. The normalized spacial score (nSPS) is 36.0. The third kappa shape index (κ3) is 10.6. The molecule has 3 saturated heterocycles. The Hall–Kier alpha value is -3.26. The van der Waals surface area contributed by atoms with Crippen LogP contribution in [0, 0.1) is 5.92 Å². The molecule has 1 saturated carbocycles. The molecule has 1 spiro atoms. The van der Waals surface area contributed by atoms with Gasteiger partial charge in [-0.15, -0.1) is 0 Å². The molecule has 0 aromatic heterocycles. The predicted octanol–water partition coefficient (Wildman–Crippen LogP) is 1.94. The van der Waals surface area contributed by atoms with Gasteiger partial charge in [-0.3, -0.25) is 14.4 Å². The summed E-state index contributed by atoms with van der Waals surface area (Å²) >= 11 is 0. The van der Waals surface area contributed by atoms with Crippen molar-refractivity contribution in [1.29, 1.82) is 0 Å². The van der Waals surface area contributed by atoms with Crippen molar-refractivity contribution in [2.75, 3.05) is 13.7 Å². The van der Waals surface area contributed by atoms with Crippen molar-refractivity contribution in [2.24, 2.45) is 5.92 Å². The van der Waals surface area contributed by atoms with E-state index in [1.807, 2.05) is 26.0 Å². The largest absolute Gasteiger partial charge is 0.459 e. The molecule has 3 aliphatic heterocycles. The molecule has 9 atom stereocenters. The number of ether oxygens (including phenoxy) is 4. The molecular formula is C34H52N4O9. The van der Waals surface area contributed by atoms with Crippen molar-refractivity contribution in [3.63, 3.8) is 0 Å². The van der Waals surface area contributed by atoms with Gasteiger partial charge < -0.3 is 45.3 Å². The van der Waals surface area contributed by atoms with Crippen molar-refractivity contribution in [1.82, 2.24) is 21.3 Å². The lowest BCUT2D eigenvalue weighted by Gasteiger charge is -2.39. The number of aliphatic hydroxyl groups is 1. The number of esters is 1. The van der Waals surface area contributed by atoms with Crippen LogP contribution in [0.4, 0.5) is 4.79 Å². The monoisotopic (exact) mass is 660 g/mol. The molecule has 0 unspecified atom stereocenters. The first kappa shape index (κ1) is 36.6. The number of nitrogens with one attached hydrogen (secondary N) is 4. The zero-order valence-electron chi connectivity index (χ0n) is 28.3. The second-order valence-corrected chi connectivity index (χ2v) is 13.5. The number of carbonyl (C=O) groups excluding carboxylic acids is 4. The summed E-state index contributed by atoms with van der Waals surface area (Å²) in [4.78, 5) is 47.7. The minimum Gasteiger partial charge on any atom is -0.459 e. The highest BCUT2D eigenvalue weighted by atomic mass is 16.6. The molecule has 3 heterocycles. The molecule has 4 aliphatic rings. The van der Waals surface area contributed by atoms with Crippen LogP contribution in [0.15, 0.2) is 36.0 Å². The molecule has 0 aromatic rings. The van der Waals surface area contributed by atoms with Crippen molar-refractivity contribution < 1.29 is 43.2 Å².